The second-order valence-electron chi connectivity index (χ2n) is 4.07. The number of alkyl halides is 1. The minimum atomic E-state index is 0.323. The maximum atomic E-state index is 5.29. The van der Waals surface area contributed by atoms with Crippen LogP contribution >= 0.6 is 15.9 Å². The van der Waals surface area contributed by atoms with Crippen LogP contribution in [0, 0.1) is 5.92 Å². The summed E-state index contributed by atoms with van der Waals surface area (Å²) >= 11 is 3.75. The van der Waals surface area contributed by atoms with E-state index in [2.05, 4.69) is 54.0 Å². The predicted molar refractivity (Wildman–Crippen MR) is 68.4 cm³/mol. The van der Waals surface area contributed by atoms with E-state index in [1.165, 1.54) is 5.56 Å². The van der Waals surface area contributed by atoms with E-state index in [0.717, 1.165) is 6.42 Å². The van der Waals surface area contributed by atoms with Crippen molar-refractivity contribution in [3.05, 3.63) is 35.9 Å². The van der Waals surface area contributed by atoms with Gasteiger partial charge in [-0.2, -0.15) is 0 Å². The summed E-state index contributed by atoms with van der Waals surface area (Å²) in [4.78, 5) is 0.413. The number of hydrogen-bond acceptors (Lipinski definition) is 1. The van der Waals surface area contributed by atoms with Gasteiger partial charge in [-0.05, 0) is 24.8 Å². The maximum absolute atomic E-state index is 5.29. The Kier molecular flexibility index (Phi) is 5.34. The first-order valence-electron chi connectivity index (χ1n) is 5.37. The summed E-state index contributed by atoms with van der Waals surface area (Å²) in [6, 6.07) is 10.5. The second kappa shape index (κ2) is 6.29. The van der Waals surface area contributed by atoms with Crippen molar-refractivity contribution in [2.75, 3.05) is 7.11 Å². The summed E-state index contributed by atoms with van der Waals surface area (Å²) in [5.74, 6) is 0.572. The maximum Gasteiger partial charge on any atom is 0.0546 e. The molecule has 0 aliphatic rings. The number of benzene rings is 1. The molecule has 0 N–H and O–H groups in total. The minimum absolute atomic E-state index is 0.323. The summed E-state index contributed by atoms with van der Waals surface area (Å²) in [6.07, 6.45) is 1.39. The molecule has 1 aromatic rings. The monoisotopic (exact) mass is 270 g/mol. The van der Waals surface area contributed by atoms with Crippen LogP contribution in [0.5, 0.6) is 0 Å². The van der Waals surface area contributed by atoms with Gasteiger partial charge >= 0.3 is 0 Å². The van der Waals surface area contributed by atoms with Crippen molar-refractivity contribution in [2.45, 2.75) is 31.2 Å². The summed E-state index contributed by atoms with van der Waals surface area (Å²) in [5.41, 5.74) is 1.34. The van der Waals surface area contributed by atoms with Gasteiger partial charge in [0.2, 0.25) is 0 Å². The lowest BCUT2D eigenvalue weighted by Gasteiger charge is -2.21. The van der Waals surface area contributed by atoms with Gasteiger partial charge in [0.15, 0.2) is 0 Å². The third kappa shape index (κ3) is 3.96. The summed E-state index contributed by atoms with van der Waals surface area (Å²) < 4.78 is 5.29. The fraction of sp³-hybridized carbons (Fsp3) is 0.538. The van der Waals surface area contributed by atoms with Crippen LogP contribution in [0.3, 0.4) is 0 Å². The lowest BCUT2D eigenvalue weighted by Crippen LogP contribution is -2.13. The molecule has 1 rings (SSSR count). The highest BCUT2D eigenvalue weighted by molar-refractivity contribution is 9.09. The zero-order valence-electron chi connectivity index (χ0n) is 9.61. The van der Waals surface area contributed by atoms with Gasteiger partial charge in [-0.25, -0.2) is 0 Å². The Bertz CT molecular complexity index is 273. The van der Waals surface area contributed by atoms with E-state index in [9.17, 15) is 0 Å². The van der Waals surface area contributed by atoms with Crippen LogP contribution < -0.4 is 0 Å². The first kappa shape index (κ1) is 12.7. The van der Waals surface area contributed by atoms with Crippen LogP contribution in [0.2, 0.25) is 0 Å². The van der Waals surface area contributed by atoms with Gasteiger partial charge in [0.25, 0.3) is 0 Å². The molecule has 0 radical (unpaired) electrons. The molecule has 1 aromatic carbocycles. The molecule has 0 heterocycles. The molecule has 0 bridgehead atoms. The molecule has 3 atom stereocenters. The van der Waals surface area contributed by atoms with Crippen LogP contribution in [0.25, 0.3) is 0 Å². The lowest BCUT2D eigenvalue weighted by atomic mass is 9.96. The molecule has 1 nitrogen and oxygen atoms in total. The van der Waals surface area contributed by atoms with Gasteiger partial charge in [0.1, 0.15) is 0 Å². The van der Waals surface area contributed by atoms with Crippen molar-refractivity contribution in [3.8, 4) is 0 Å². The normalized spacial score (nSPS) is 17.1. The number of methoxy groups -OCH3 is 1. The van der Waals surface area contributed by atoms with Gasteiger partial charge in [0, 0.05) is 11.9 Å². The molecular formula is C13H19BrO. The highest BCUT2D eigenvalue weighted by Gasteiger charge is 2.18. The molecule has 0 saturated carbocycles. The van der Waals surface area contributed by atoms with Gasteiger partial charge in [0.05, 0.1) is 6.10 Å². The molecule has 15 heavy (non-hydrogen) atoms. The third-order valence-corrected chi connectivity index (χ3v) is 4.15. The molecule has 0 spiro atoms. The smallest absolute Gasteiger partial charge is 0.0546 e. The van der Waals surface area contributed by atoms with Crippen LogP contribution in [-0.4, -0.2) is 13.2 Å². The molecule has 0 aliphatic heterocycles. The summed E-state index contributed by atoms with van der Waals surface area (Å²) in [5, 5.41) is 0. The largest absolute Gasteiger partial charge is 0.382 e. The minimum Gasteiger partial charge on any atom is -0.382 e. The summed E-state index contributed by atoms with van der Waals surface area (Å²) in [7, 11) is 1.77. The first-order chi connectivity index (χ1) is 7.15. The van der Waals surface area contributed by atoms with Crippen molar-refractivity contribution in [1.29, 1.82) is 0 Å². The van der Waals surface area contributed by atoms with Gasteiger partial charge < -0.3 is 4.74 Å². The fourth-order valence-electron chi connectivity index (χ4n) is 1.70. The number of rotatable bonds is 5. The van der Waals surface area contributed by atoms with E-state index < -0.39 is 0 Å². The van der Waals surface area contributed by atoms with E-state index in [1.807, 2.05) is 6.07 Å². The molecule has 3 unspecified atom stereocenters. The van der Waals surface area contributed by atoms with E-state index in [0.29, 0.717) is 16.8 Å². The zero-order chi connectivity index (χ0) is 11.3. The Labute approximate surface area is 101 Å². The van der Waals surface area contributed by atoms with Crippen molar-refractivity contribution in [3.63, 3.8) is 0 Å². The Morgan fingerprint density at radius 2 is 1.80 bits per heavy atom. The Hall–Kier alpha value is -0.340. The van der Waals surface area contributed by atoms with E-state index in [4.69, 9.17) is 4.74 Å². The van der Waals surface area contributed by atoms with Crippen molar-refractivity contribution in [2.24, 2.45) is 5.92 Å². The zero-order valence-corrected chi connectivity index (χ0v) is 11.2. The van der Waals surface area contributed by atoms with Crippen LogP contribution in [0.4, 0.5) is 0 Å². The van der Waals surface area contributed by atoms with E-state index in [-0.39, 0.29) is 0 Å². The third-order valence-electron chi connectivity index (χ3n) is 2.72. The van der Waals surface area contributed by atoms with E-state index in [1.54, 1.807) is 7.11 Å². The van der Waals surface area contributed by atoms with Crippen LogP contribution in [0.1, 0.15) is 30.7 Å². The highest BCUT2D eigenvalue weighted by Crippen LogP contribution is 2.33. The van der Waals surface area contributed by atoms with Gasteiger partial charge in [-0.3, -0.25) is 0 Å². The van der Waals surface area contributed by atoms with Crippen molar-refractivity contribution < 1.29 is 4.74 Å². The molecule has 0 amide bonds. The lowest BCUT2D eigenvalue weighted by molar-refractivity contribution is 0.0972. The van der Waals surface area contributed by atoms with Gasteiger partial charge in [-0.15, -0.1) is 0 Å². The van der Waals surface area contributed by atoms with Crippen molar-refractivity contribution >= 4 is 15.9 Å². The SMILES string of the molecule is COC(C)CC(C)C(Br)c1ccccc1. The molecule has 0 fully saturated rings. The first-order valence-corrected chi connectivity index (χ1v) is 6.28. The Morgan fingerprint density at radius 1 is 1.20 bits per heavy atom. The van der Waals surface area contributed by atoms with Crippen LogP contribution in [-0.2, 0) is 4.74 Å². The topological polar surface area (TPSA) is 9.23 Å². The fourth-order valence-corrected chi connectivity index (χ4v) is 2.23. The van der Waals surface area contributed by atoms with E-state index >= 15 is 0 Å². The average Bonchev–Trinajstić information content (AvgIpc) is 2.29. The average molecular weight is 271 g/mol. The quantitative estimate of drug-likeness (QED) is 0.730. The molecule has 0 saturated heterocycles. The molecule has 0 aromatic heterocycles. The molecule has 2 heteroatoms. The number of ether oxygens (including phenoxy) is 1. The standard InChI is InChI=1S/C13H19BrO/c1-10(9-11(2)15-3)13(14)12-7-5-4-6-8-12/h4-8,10-11,13H,9H2,1-3H3. The highest BCUT2D eigenvalue weighted by atomic mass is 79.9. The van der Waals surface area contributed by atoms with Gasteiger partial charge in [-0.1, -0.05) is 53.2 Å². The van der Waals surface area contributed by atoms with Crippen molar-refractivity contribution in [1.82, 2.24) is 0 Å². The molecule has 84 valence electrons. The Balaban J connectivity index is 2.57. The molecule has 0 aliphatic carbocycles. The predicted octanol–water partition coefficient (Wildman–Crippen LogP) is 4.18. The summed E-state index contributed by atoms with van der Waals surface area (Å²) in [6.45, 7) is 4.36. The molecular weight excluding hydrogens is 252 g/mol. The van der Waals surface area contributed by atoms with Crippen LogP contribution in [0.15, 0.2) is 30.3 Å². The Morgan fingerprint density at radius 3 is 2.33 bits per heavy atom. The number of hydrogen-bond donors (Lipinski definition) is 0. The number of halogens is 1. The second-order valence-corrected chi connectivity index (χ2v) is 5.06.